The first-order valence-corrected chi connectivity index (χ1v) is 14.6. The summed E-state index contributed by atoms with van der Waals surface area (Å²) >= 11 is 0. The molecule has 2 heterocycles. The largest absolute Gasteiger partial charge is 0.355 e. The van der Waals surface area contributed by atoms with E-state index in [1.807, 2.05) is 18.7 Å². The van der Waals surface area contributed by atoms with E-state index < -0.39 is 30.0 Å². The zero-order valence-electron chi connectivity index (χ0n) is 20.7. The summed E-state index contributed by atoms with van der Waals surface area (Å²) in [5.74, 6) is 1.17. The number of rotatable bonds is 8. The third-order valence-electron chi connectivity index (χ3n) is 6.20. The first-order valence-electron chi connectivity index (χ1n) is 11.8. The van der Waals surface area contributed by atoms with Crippen molar-refractivity contribution in [3.05, 3.63) is 36.0 Å². The van der Waals surface area contributed by atoms with Gasteiger partial charge in [-0.3, -0.25) is 9.11 Å². The van der Waals surface area contributed by atoms with Gasteiger partial charge in [0.2, 0.25) is 5.95 Å². The fraction of sp³-hybridized carbons (Fsp3) is 0.391. The van der Waals surface area contributed by atoms with E-state index >= 15 is 0 Å². The lowest BCUT2D eigenvalue weighted by Gasteiger charge is -2.24. The number of nitrogens with zero attached hydrogens (tertiary/aromatic N) is 6. The topological polar surface area (TPSA) is 166 Å². The van der Waals surface area contributed by atoms with Crippen LogP contribution in [0.2, 0.25) is 0 Å². The highest BCUT2D eigenvalue weighted by Crippen LogP contribution is 2.37. The van der Waals surface area contributed by atoms with E-state index in [0.29, 0.717) is 23.1 Å². The SMILES string of the molecule is CCN(CC)c1nc(C)c(/N=N/c2cc(S(=O)(=O)O)c3cccc(S(=O)(=O)O)c3c2)c(N2CCCC2)n1. The molecule has 0 saturated carbocycles. The summed E-state index contributed by atoms with van der Waals surface area (Å²) in [4.78, 5) is 12.4. The summed E-state index contributed by atoms with van der Waals surface area (Å²) in [5, 5.41) is 8.32. The number of benzene rings is 2. The van der Waals surface area contributed by atoms with Crippen LogP contribution in [0.4, 0.5) is 23.1 Å². The summed E-state index contributed by atoms with van der Waals surface area (Å²) in [6.45, 7) is 8.83. The predicted molar refractivity (Wildman–Crippen MR) is 140 cm³/mol. The zero-order chi connectivity index (χ0) is 27.0. The molecule has 0 bridgehead atoms. The van der Waals surface area contributed by atoms with E-state index in [-0.39, 0.29) is 16.5 Å². The van der Waals surface area contributed by atoms with Gasteiger partial charge in [0.25, 0.3) is 20.2 Å². The number of fused-ring (bicyclic) bond motifs is 1. The molecule has 0 unspecified atom stereocenters. The lowest BCUT2D eigenvalue weighted by Crippen LogP contribution is -2.26. The highest BCUT2D eigenvalue weighted by molar-refractivity contribution is 7.86. The van der Waals surface area contributed by atoms with Crippen molar-refractivity contribution in [1.82, 2.24) is 9.97 Å². The van der Waals surface area contributed by atoms with Crippen LogP contribution in [-0.4, -0.2) is 62.1 Å². The summed E-state index contributed by atoms with van der Waals surface area (Å²) in [6.07, 6.45) is 2.00. The molecule has 4 rings (SSSR count). The molecule has 37 heavy (non-hydrogen) atoms. The number of hydrogen-bond donors (Lipinski definition) is 2. The summed E-state index contributed by atoms with van der Waals surface area (Å²) in [7, 11) is -9.46. The van der Waals surface area contributed by atoms with Crippen molar-refractivity contribution in [2.75, 3.05) is 36.0 Å². The van der Waals surface area contributed by atoms with E-state index in [2.05, 4.69) is 20.1 Å². The van der Waals surface area contributed by atoms with E-state index in [1.165, 1.54) is 18.2 Å². The van der Waals surface area contributed by atoms with Crippen LogP contribution < -0.4 is 9.80 Å². The van der Waals surface area contributed by atoms with Gasteiger partial charge in [0, 0.05) is 37.0 Å². The van der Waals surface area contributed by atoms with Crippen LogP contribution >= 0.6 is 0 Å². The summed E-state index contributed by atoms with van der Waals surface area (Å²) < 4.78 is 67.6. The fourth-order valence-corrected chi connectivity index (χ4v) is 5.79. The molecule has 1 aromatic heterocycles. The molecule has 0 atom stereocenters. The maximum absolute atomic E-state index is 12.1. The van der Waals surface area contributed by atoms with E-state index in [9.17, 15) is 25.9 Å². The summed E-state index contributed by atoms with van der Waals surface area (Å²) in [6, 6.07) is 6.09. The minimum atomic E-state index is -4.76. The average molecular weight is 549 g/mol. The third kappa shape index (κ3) is 5.56. The molecule has 0 amide bonds. The second-order valence-electron chi connectivity index (χ2n) is 8.59. The molecular formula is C23H28N6O6S2. The molecule has 1 aliphatic heterocycles. The molecule has 3 aromatic rings. The van der Waals surface area contributed by atoms with Crippen LogP contribution in [-0.2, 0) is 20.2 Å². The van der Waals surface area contributed by atoms with Crippen LogP contribution in [0, 0.1) is 6.92 Å². The first kappa shape index (κ1) is 26.9. The second kappa shape index (κ2) is 10.3. The van der Waals surface area contributed by atoms with Crippen molar-refractivity contribution in [3.8, 4) is 0 Å². The Morgan fingerprint density at radius 1 is 0.919 bits per heavy atom. The van der Waals surface area contributed by atoms with Crippen LogP contribution in [0.1, 0.15) is 32.4 Å². The van der Waals surface area contributed by atoms with Crippen molar-refractivity contribution in [3.63, 3.8) is 0 Å². The molecule has 2 aromatic carbocycles. The van der Waals surface area contributed by atoms with Gasteiger partial charge >= 0.3 is 0 Å². The molecule has 14 heteroatoms. The van der Waals surface area contributed by atoms with Crippen molar-refractivity contribution in [2.24, 2.45) is 10.2 Å². The number of aromatic nitrogens is 2. The first-order chi connectivity index (χ1) is 17.4. The Morgan fingerprint density at radius 3 is 2.16 bits per heavy atom. The van der Waals surface area contributed by atoms with Gasteiger partial charge < -0.3 is 9.80 Å². The Labute approximate surface area is 215 Å². The molecule has 1 fully saturated rings. The Balaban J connectivity index is 1.91. The normalized spacial score (nSPS) is 14.7. The van der Waals surface area contributed by atoms with Gasteiger partial charge in [-0.05, 0) is 51.8 Å². The van der Waals surface area contributed by atoms with Crippen LogP contribution in [0.3, 0.4) is 0 Å². The minimum absolute atomic E-state index is 0.0455. The van der Waals surface area contributed by atoms with Crippen LogP contribution in [0.15, 0.2) is 50.4 Å². The monoisotopic (exact) mass is 548 g/mol. The molecule has 12 nitrogen and oxygen atoms in total. The molecule has 1 saturated heterocycles. The molecule has 198 valence electrons. The maximum Gasteiger partial charge on any atom is 0.295 e. The van der Waals surface area contributed by atoms with Gasteiger partial charge in [-0.15, -0.1) is 5.11 Å². The van der Waals surface area contributed by atoms with Gasteiger partial charge in [-0.2, -0.15) is 26.9 Å². The number of anilines is 2. The lowest BCUT2D eigenvalue weighted by molar-refractivity contribution is 0.481. The standard InChI is InChI=1S/C23H28N6O6S2/c1-4-28(5-2)23-24-15(3)21(22(25-23)29-11-6-7-12-29)27-26-16-13-18-17(20(14-16)37(33,34)35)9-8-10-19(18)36(30,31)32/h8-10,13-14H,4-7,11-12H2,1-3H3,(H,30,31,32)(H,33,34,35)/b27-26+. The zero-order valence-corrected chi connectivity index (χ0v) is 22.3. The maximum atomic E-state index is 12.1. The molecule has 1 aliphatic rings. The Bertz CT molecular complexity index is 1580. The van der Waals surface area contributed by atoms with Crippen LogP contribution in [0.5, 0.6) is 0 Å². The highest BCUT2D eigenvalue weighted by Gasteiger charge is 2.24. The smallest absolute Gasteiger partial charge is 0.295 e. The highest BCUT2D eigenvalue weighted by atomic mass is 32.2. The van der Waals surface area contributed by atoms with Gasteiger partial charge in [0.05, 0.1) is 11.4 Å². The molecule has 0 radical (unpaired) electrons. The van der Waals surface area contributed by atoms with Gasteiger partial charge in [-0.1, -0.05) is 12.1 Å². The van der Waals surface area contributed by atoms with Crippen molar-refractivity contribution in [2.45, 2.75) is 43.4 Å². The minimum Gasteiger partial charge on any atom is -0.355 e. The molecule has 2 N–H and O–H groups in total. The van der Waals surface area contributed by atoms with E-state index in [1.54, 1.807) is 6.92 Å². The number of aryl methyl sites for hydroxylation is 1. The summed E-state index contributed by atoms with van der Waals surface area (Å²) in [5.41, 5.74) is 0.919. The van der Waals surface area contributed by atoms with Crippen molar-refractivity contribution < 1.29 is 25.9 Å². The Hall–Kier alpha value is -3.20. The molecular weight excluding hydrogens is 520 g/mol. The predicted octanol–water partition coefficient (Wildman–Crippen LogP) is 4.29. The molecule has 0 aliphatic carbocycles. The van der Waals surface area contributed by atoms with E-state index in [0.717, 1.165) is 51.2 Å². The second-order valence-corrected chi connectivity index (χ2v) is 11.4. The Kier molecular flexibility index (Phi) is 7.46. The lowest BCUT2D eigenvalue weighted by atomic mass is 10.1. The fourth-order valence-electron chi connectivity index (χ4n) is 4.36. The Morgan fingerprint density at radius 2 is 1.57 bits per heavy atom. The van der Waals surface area contributed by atoms with Crippen molar-refractivity contribution in [1.29, 1.82) is 0 Å². The van der Waals surface area contributed by atoms with Gasteiger partial charge in [-0.25, -0.2) is 4.98 Å². The quantitative estimate of drug-likeness (QED) is 0.306. The van der Waals surface area contributed by atoms with Gasteiger partial charge in [0.1, 0.15) is 15.5 Å². The average Bonchev–Trinajstić information content (AvgIpc) is 3.36. The van der Waals surface area contributed by atoms with E-state index in [4.69, 9.17) is 4.98 Å². The number of azo groups is 1. The number of hydrogen-bond acceptors (Lipinski definition) is 10. The van der Waals surface area contributed by atoms with Crippen LogP contribution in [0.25, 0.3) is 10.8 Å². The van der Waals surface area contributed by atoms with Gasteiger partial charge in [0.15, 0.2) is 5.82 Å². The third-order valence-corrected chi connectivity index (χ3v) is 8.01. The molecule has 0 spiro atoms. The van der Waals surface area contributed by atoms with Crippen molar-refractivity contribution >= 4 is 54.1 Å².